The summed E-state index contributed by atoms with van der Waals surface area (Å²) in [5, 5.41) is 2.41. The fourth-order valence-electron chi connectivity index (χ4n) is 2.26. The van der Waals surface area contributed by atoms with E-state index in [2.05, 4.69) is 60.1 Å². The van der Waals surface area contributed by atoms with E-state index in [1.165, 1.54) is 16.3 Å². The first-order valence-electron chi connectivity index (χ1n) is 6.36. The van der Waals surface area contributed by atoms with Crippen molar-refractivity contribution in [2.75, 3.05) is 0 Å². The SMILES string of the molecule is C=C(C)c1ccc(-c2nccc3ccccc23)cc1. The van der Waals surface area contributed by atoms with Crippen molar-refractivity contribution in [3.8, 4) is 11.3 Å². The normalized spacial score (nSPS) is 10.6. The van der Waals surface area contributed by atoms with Crippen LogP contribution in [-0.4, -0.2) is 4.98 Å². The molecule has 0 amide bonds. The predicted octanol–water partition coefficient (Wildman–Crippen LogP) is 4.93. The van der Waals surface area contributed by atoms with Crippen LogP contribution in [0.2, 0.25) is 0 Å². The van der Waals surface area contributed by atoms with Gasteiger partial charge in [0.1, 0.15) is 0 Å². The van der Waals surface area contributed by atoms with Crippen LogP contribution in [0.25, 0.3) is 27.6 Å². The van der Waals surface area contributed by atoms with Gasteiger partial charge in [-0.1, -0.05) is 60.7 Å². The van der Waals surface area contributed by atoms with E-state index in [0.717, 1.165) is 16.8 Å². The summed E-state index contributed by atoms with van der Waals surface area (Å²) in [4.78, 5) is 4.53. The number of hydrogen-bond donors (Lipinski definition) is 0. The third kappa shape index (κ3) is 2.15. The maximum absolute atomic E-state index is 4.53. The Morgan fingerprint density at radius 2 is 1.68 bits per heavy atom. The van der Waals surface area contributed by atoms with Gasteiger partial charge in [0.2, 0.25) is 0 Å². The van der Waals surface area contributed by atoms with Gasteiger partial charge in [0.05, 0.1) is 5.69 Å². The second-order valence-electron chi connectivity index (χ2n) is 4.74. The zero-order valence-electron chi connectivity index (χ0n) is 10.9. The number of rotatable bonds is 2. The minimum Gasteiger partial charge on any atom is -0.256 e. The molecule has 1 nitrogen and oxygen atoms in total. The van der Waals surface area contributed by atoms with Gasteiger partial charge in [-0.25, -0.2) is 0 Å². The van der Waals surface area contributed by atoms with E-state index in [-0.39, 0.29) is 0 Å². The number of nitrogens with zero attached hydrogens (tertiary/aromatic N) is 1. The quantitative estimate of drug-likeness (QED) is 0.623. The lowest BCUT2D eigenvalue weighted by molar-refractivity contribution is 1.35. The van der Waals surface area contributed by atoms with Crippen molar-refractivity contribution in [2.24, 2.45) is 0 Å². The Morgan fingerprint density at radius 3 is 2.42 bits per heavy atom. The number of pyridine rings is 1. The monoisotopic (exact) mass is 245 g/mol. The van der Waals surface area contributed by atoms with Gasteiger partial charge < -0.3 is 0 Å². The molecule has 0 saturated heterocycles. The Kier molecular flexibility index (Phi) is 2.88. The Hall–Kier alpha value is -2.41. The molecule has 0 spiro atoms. The molecule has 1 heterocycles. The van der Waals surface area contributed by atoms with Crippen LogP contribution in [0.1, 0.15) is 12.5 Å². The van der Waals surface area contributed by atoms with Crippen LogP contribution in [0.5, 0.6) is 0 Å². The van der Waals surface area contributed by atoms with Crippen LogP contribution in [-0.2, 0) is 0 Å². The second kappa shape index (κ2) is 4.69. The van der Waals surface area contributed by atoms with Crippen molar-refractivity contribution >= 4 is 16.3 Å². The maximum atomic E-state index is 4.53. The summed E-state index contributed by atoms with van der Waals surface area (Å²) in [6.45, 7) is 5.98. The first-order chi connectivity index (χ1) is 9.25. The van der Waals surface area contributed by atoms with Gasteiger partial charge >= 0.3 is 0 Å². The summed E-state index contributed by atoms with van der Waals surface area (Å²) >= 11 is 0. The van der Waals surface area contributed by atoms with E-state index in [1.54, 1.807) is 0 Å². The molecule has 2 aromatic carbocycles. The average molecular weight is 245 g/mol. The molecule has 1 aromatic heterocycles. The van der Waals surface area contributed by atoms with Gasteiger partial charge in [0, 0.05) is 17.1 Å². The lowest BCUT2D eigenvalue weighted by Gasteiger charge is -2.07. The van der Waals surface area contributed by atoms with Crippen LogP contribution in [0.4, 0.5) is 0 Å². The Morgan fingerprint density at radius 1 is 0.947 bits per heavy atom. The maximum Gasteiger partial charge on any atom is 0.0780 e. The third-order valence-corrected chi connectivity index (χ3v) is 3.32. The van der Waals surface area contributed by atoms with E-state index in [0.29, 0.717) is 0 Å². The average Bonchev–Trinajstić information content (AvgIpc) is 2.47. The van der Waals surface area contributed by atoms with E-state index < -0.39 is 0 Å². The zero-order valence-corrected chi connectivity index (χ0v) is 10.9. The highest BCUT2D eigenvalue weighted by molar-refractivity contribution is 5.94. The van der Waals surface area contributed by atoms with Gasteiger partial charge in [-0.2, -0.15) is 0 Å². The number of hydrogen-bond acceptors (Lipinski definition) is 1. The van der Waals surface area contributed by atoms with Crippen molar-refractivity contribution in [3.63, 3.8) is 0 Å². The van der Waals surface area contributed by atoms with Crippen molar-refractivity contribution < 1.29 is 0 Å². The van der Waals surface area contributed by atoms with E-state index in [4.69, 9.17) is 0 Å². The fourth-order valence-corrected chi connectivity index (χ4v) is 2.26. The van der Waals surface area contributed by atoms with Crippen molar-refractivity contribution in [1.29, 1.82) is 0 Å². The molecule has 0 bridgehead atoms. The van der Waals surface area contributed by atoms with Crippen molar-refractivity contribution in [2.45, 2.75) is 6.92 Å². The first-order valence-corrected chi connectivity index (χ1v) is 6.36. The van der Waals surface area contributed by atoms with Crippen LogP contribution < -0.4 is 0 Å². The molecule has 0 unspecified atom stereocenters. The highest BCUT2D eigenvalue weighted by Crippen LogP contribution is 2.27. The van der Waals surface area contributed by atoms with E-state index >= 15 is 0 Å². The summed E-state index contributed by atoms with van der Waals surface area (Å²) in [6.07, 6.45) is 1.87. The van der Waals surface area contributed by atoms with Gasteiger partial charge in [0.15, 0.2) is 0 Å². The Bertz CT molecular complexity index is 734. The summed E-state index contributed by atoms with van der Waals surface area (Å²) in [5.41, 5.74) is 4.43. The van der Waals surface area contributed by atoms with Crippen LogP contribution in [0.15, 0.2) is 67.4 Å². The molecule has 0 saturated carbocycles. The summed E-state index contributed by atoms with van der Waals surface area (Å²) in [6, 6.07) is 18.8. The zero-order chi connectivity index (χ0) is 13.2. The lowest BCUT2D eigenvalue weighted by Crippen LogP contribution is -1.86. The molecular formula is C18H15N. The van der Waals surface area contributed by atoms with Crippen LogP contribution in [0, 0.1) is 0 Å². The molecule has 92 valence electrons. The Balaban J connectivity index is 2.16. The van der Waals surface area contributed by atoms with Crippen molar-refractivity contribution in [1.82, 2.24) is 4.98 Å². The molecule has 0 N–H and O–H groups in total. The molecule has 0 aliphatic rings. The minimum absolute atomic E-state index is 1.03. The molecule has 19 heavy (non-hydrogen) atoms. The number of allylic oxidation sites excluding steroid dienone is 1. The number of aromatic nitrogens is 1. The largest absolute Gasteiger partial charge is 0.256 e. The highest BCUT2D eigenvalue weighted by atomic mass is 14.7. The minimum atomic E-state index is 1.03. The molecule has 0 aliphatic carbocycles. The molecule has 0 radical (unpaired) electrons. The number of fused-ring (bicyclic) bond motifs is 1. The van der Waals surface area contributed by atoms with Gasteiger partial charge in [-0.15, -0.1) is 0 Å². The van der Waals surface area contributed by atoms with Gasteiger partial charge in [-0.05, 0) is 23.9 Å². The highest BCUT2D eigenvalue weighted by Gasteiger charge is 2.04. The predicted molar refractivity (Wildman–Crippen MR) is 81.9 cm³/mol. The first kappa shape index (κ1) is 11.7. The fraction of sp³-hybridized carbons (Fsp3) is 0.0556. The lowest BCUT2D eigenvalue weighted by atomic mass is 10.0. The summed E-state index contributed by atoms with van der Waals surface area (Å²) in [7, 11) is 0. The van der Waals surface area contributed by atoms with Gasteiger partial charge in [-0.3, -0.25) is 4.98 Å². The molecule has 0 fully saturated rings. The third-order valence-electron chi connectivity index (χ3n) is 3.32. The summed E-state index contributed by atoms with van der Waals surface area (Å²) < 4.78 is 0. The Labute approximate surface area is 113 Å². The van der Waals surface area contributed by atoms with E-state index in [9.17, 15) is 0 Å². The molecule has 3 aromatic rings. The molecule has 1 heteroatoms. The summed E-state index contributed by atoms with van der Waals surface area (Å²) in [5.74, 6) is 0. The molecule has 0 aliphatic heterocycles. The van der Waals surface area contributed by atoms with E-state index in [1.807, 2.05) is 19.2 Å². The number of benzene rings is 2. The molecule has 0 atom stereocenters. The standard InChI is InChI=1S/C18H15N/c1-13(2)14-7-9-16(10-8-14)18-17-6-4-3-5-15(17)11-12-19-18/h3-12H,1H2,2H3. The smallest absolute Gasteiger partial charge is 0.0780 e. The molecule has 3 rings (SSSR count). The second-order valence-corrected chi connectivity index (χ2v) is 4.74. The van der Waals surface area contributed by atoms with Crippen molar-refractivity contribution in [3.05, 3.63) is 72.9 Å². The molecular weight excluding hydrogens is 230 g/mol. The topological polar surface area (TPSA) is 12.9 Å². The van der Waals surface area contributed by atoms with Crippen LogP contribution in [0.3, 0.4) is 0 Å². The van der Waals surface area contributed by atoms with Crippen LogP contribution >= 0.6 is 0 Å². The van der Waals surface area contributed by atoms with Gasteiger partial charge in [0.25, 0.3) is 0 Å².